The lowest BCUT2D eigenvalue weighted by Gasteiger charge is -2.07. The maximum absolute atomic E-state index is 10.4. The fraction of sp³-hybridized carbons (Fsp3) is 0.625. The van der Waals surface area contributed by atoms with Gasteiger partial charge < -0.3 is 10.1 Å². The minimum absolute atomic E-state index is 0.0446. The van der Waals surface area contributed by atoms with Crippen LogP contribution < -0.4 is 5.32 Å². The molecule has 0 aromatic rings. The molecule has 0 heterocycles. The van der Waals surface area contributed by atoms with Crippen molar-refractivity contribution in [3.8, 4) is 12.3 Å². The van der Waals surface area contributed by atoms with Gasteiger partial charge in [0.15, 0.2) is 0 Å². The highest BCUT2D eigenvalue weighted by molar-refractivity contribution is 5.72. The van der Waals surface area contributed by atoms with E-state index in [-0.39, 0.29) is 12.0 Å². The lowest BCUT2D eigenvalue weighted by atomic mass is 10.2. The first kappa shape index (κ1) is 9.99. The summed E-state index contributed by atoms with van der Waals surface area (Å²) in [4.78, 5) is 10.4. The molecule has 0 radical (unpaired) electrons. The van der Waals surface area contributed by atoms with Crippen molar-refractivity contribution < 1.29 is 9.53 Å². The van der Waals surface area contributed by atoms with Crippen LogP contribution in [0.15, 0.2) is 0 Å². The summed E-state index contributed by atoms with van der Waals surface area (Å²) in [6.45, 7) is 2.04. The summed E-state index contributed by atoms with van der Waals surface area (Å²) in [5.41, 5.74) is 0. The summed E-state index contributed by atoms with van der Waals surface area (Å²) in [5.74, 6) is 2.41. The highest BCUT2D eigenvalue weighted by Crippen LogP contribution is 1.92. The Morgan fingerprint density at radius 2 is 2.45 bits per heavy atom. The van der Waals surface area contributed by atoms with Gasteiger partial charge in [-0.1, -0.05) is 5.92 Å². The van der Waals surface area contributed by atoms with Gasteiger partial charge in [0.25, 0.3) is 0 Å². The largest absolute Gasteiger partial charge is 0.369 e. The van der Waals surface area contributed by atoms with E-state index in [2.05, 4.69) is 11.2 Å². The summed E-state index contributed by atoms with van der Waals surface area (Å²) in [7, 11) is 1.55. The van der Waals surface area contributed by atoms with Crippen LogP contribution in [0.3, 0.4) is 0 Å². The summed E-state index contributed by atoms with van der Waals surface area (Å²) < 4.78 is 4.89. The molecule has 1 amide bonds. The molecule has 3 heteroatoms. The normalized spacial score (nSPS) is 11.7. The third-order valence-corrected chi connectivity index (χ3v) is 1.25. The van der Waals surface area contributed by atoms with Crippen molar-refractivity contribution in [3.05, 3.63) is 0 Å². The highest BCUT2D eigenvalue weighted by atomic mass is 16.5. The molecule has 1 atom stereocenters. The third kappa shape index (κ3) is 5.43. The van der Waals surface area contributed by atoms with Gasteiger partial charge >= 0.3 is 0 Å². The molecule has 0 aliphatic heterocycles. The molecule has 0 aliphatic carbocycles. The second-order valence-electron chi connectivity index (χ2n) is 2.16. The van der Waals surface area contributed by atoms with Crippen LogP contribution in [0.2, 0.25) is 0 Å². The van der Waals surface area contributed by atoms with Crippen LogP contribution in [0.4, 0.5) is 0 Å². The number of hydrogen-bond donors (Lipinski definition) is 1. The number of terminal acetylenes is 1. The van der Waals surface area contributed by atoms with Crippen molar-refractivity contribution >= 4 is 5.91 Å². The zero-order chi connectivity index (χ0) is 8.69. The molecule has 0 rings (SSSR count). The standard InChI is InChI=1S/C8H13NO2/c1-4-8(11-3)5-6-9-7(2)10/h1,8H,5-6H2,2-3H3,(H,9,10)/t8-/m1/s1. The summed E-state index contributed by atoms with van der Waals surface area (Å²) in [6, 6.07) is 0. The van der Waals surface area contributed by atoms with E-state index in [1.807, 2.05) is 0 Å². The van der Waals surface area contributed by atoms with Crippen LogP contribution >= 0.6 is 0 Å². The van der Waals surface area contributed by atoms with Gasteiger partial charge in [-0.2, -0.15) is 0 Å². The van der Waals surface area contributed by atoms with Crippen LogP contribution in [-0.4, -0.2) is 25.7 Å². The molecule has 0 aliphatic rings. The SMILES string of the molecule is C#C[C@H](CCNC(C)=O)OC. The number of carbonyl (C=O) groups excluding carboxylic acids is 1. The van der Waals surface area contributed by atoms with E-state index < -0.39 is 0 Å². The van der Waals surface area contributed by atoms with Gasteiger partial charge in [-0.25, -0.2) is 0 Å². The Hall–Kier alpha value is -1.01. The number of nitrogens with one attached hydrogen (secondary N) is 1. The Kier molecular flexibility index (Phi) is 5.22. The fourth-order valence-corrected chi connectivity index (χ4v) is 0.649. The minimum atomic E-state index is -0.193. The Morgan fingerprint density at radius 3 is 2.82 bits per heavy atom. The van der Waals surface area contributed by atoms with Gasteiger partial charge in [0.05, 0.1) is 0 Å². The smallest absolute Gasteiger partial charge is 0.216 e. The average Bonchev–Trinajstić information content (AvgIpc) is 1.98. The van der Waals surface area contributed by atoms with Gasteiger partial charge in [0, 0.05) is 27.0 Å². The molecule has 0 aromatic carbocycles. The molecule has 0 saturated carbocycles. The van der Waals surface area contributed by atoms with Crippen LogP contribution in [0.5, 0.6) is 0 Å². The fourth-order valence-electron chi connectivity index (χ4n) is 0.649. The van der Waals surface area contributed by atoms with Crippen molar-refractivity contribution in [2.24, 2.45) is 0 Å². The monoisotopic (exact) mass is 155 g/mol. The molecule has 0 unspecified atom stereocenters. The summed E-state index contributed by atoms with van der Waals surface area (Å²) >= 11 is 0. The Balaban J connectivity index is 3.38. The van der Waals surface area contributed by atoms with E-state index in [4.69, 9.17) is 11.2 Å². The molecule has 11 heavy (non-hydrogen) atoms. The van der Waals surface area contributed by atoms with Crippen LogP contribution in [-0.2, 0) is 9.53 Å². The van der Waals surface area contributed by atoms with E-state index in [9.17, 15) is 4.79 Å². The molecule has 0 aromatic heterocycles. The molecular weight excluding hydrogens is 142 g/mol. The lowest BCUT2D eigenvalue weighted by Crippen LogP contribution is -2.24. The number of hydrogen-bond acceptors (Lipinski definition) is 2. The molecule has 0 spiro atoms. The second kappa shape index (κ2) is 5.75. The van der Waals surface area contributed by atoms with Crippen molar-refractivity contribution in [2.45, 2.75) is 19.4 Å². The Bertz CT molecular complexity index is 160. The second-order valence-corrected chi connectivity index (χ2v) is 2.16. The number of carbonyl (C=O) groups is 1. The molecule has 0 saturated heterocycles. The Morgan fingerprint density at radius 1 is 1.82 bits per heavy atom. The number of methoxy groups -OCH3 is 1. The van der Waals surface area contributed by atoms with Crippen molar-refractivity contribution in [1.82, 2.24) is 5.32 Å². The van der Waals surface area contributed by atoms with Crippen LogP contribution in [0.1, 0.15) is 13.3 Å². The van der Waals surface area contributed by atoms with Gasteiger partial charge in [0.1, 0.15) is 6.10 Å². The van der Waals surface area contributed by atoms with Gasteiger partial charge in [-0.05, 0) is 0 Å². The third-order valence-electron chi connectivity index (χ3n) is 1.25. The predicted octanol–water partition coefficient (Wildman–Crippen LogP) is 0.161. The highest BCUT2D eigenvalue weighted by Gasteiger charge is 2.01. The first-order valence-electron chi connectivity index (χ1n) is 3.44. The van der Waals surface area contributed by atoms with Gasteiger partial charge in [-0.15, -0.1) is 6.42 Å². The van der Waals surface area contributed by atoms with E-state index in [1.54, 1.807) is 7.11 Å². The Labute approximate surface area is 67.1 Å². The van der Waals surface area contributed by atoms with Gasteiger partial charge in [0.2, 0.25) is 5.91 Å². The topological polar surface area (TPSA) is 38.3 Å². The lowest BCUT2D eigenvalue weighted by molar-refractivity contribution is -0.119. The number of amides is 1. The minimum Gasteiger partial charge on any atom is -0.369 e. The van der Waals surface area contributed by atoms with Gasteiger partial charge in [-0.3, -0.25) is 4.79 Å². The summed E-state index contributed by atoms with van der Waals surface area (Å²) in [5, 5.41) is 2.63. The van der Waals surface area contributed by atoms with Crippen LogP contribution in [0.25, 0.3) is 0 Å². The zero-order valence-electron chi connectivity index (χ0n) is 6.89. The molecule has 3 nitrogen and oxygen atoms in total. The van der Waals surface area contributed by atoms with E-state index in [0.717, 1.165) is 0 Å². The first-order chi connectivity index (χ1) is 5.20. The van der Waals surface area contributed by atoms with E-state index in [0.29, 0.717) is 13.0 Å². The number of ether oxygens (including phenoxy) is 1. The maximum Gasteiger partial charge on any atom is 0.216 e. The zero-order valence-corrected chi connectivity index (χ0v) is 6.89. The molecule has 62 valence electrons. The molecule has 1 N–H and O–H groups in total. The summed E-state index contributed by atoms with van der Waals surface area (Å²) in [6.07, 6.45) is 5.58. The average molecular weight is 155 g/mol. The first-order valence-corrected chi connectivity index (χ1v) is 3.44. The predicted molar refractivity (Wildman–Crippen MR) is 42.9 cm³/mol. The van der Waals surface area contributed by atoms with Crippen molar-refractivity contribution in [3.63, 3.8) is 0 Å². The maximum atomic E-state index is 10.4. The van der Waals surface area contributed by atoms with Crippen molar-refractivity contribution in [2.75, 3.05) is 13.7 Å². The number of rotatable bonds is 4. The van der Waals surface area contributed by atoms with Crippen molar-refractivity contribution in [1.29, 1.82) is 0 Å². The quantitative estimate of drug-likeness (QED) is 0.587. The van der Waals surface area contributed by atoms with E-state index >= 15 is 0 Å². The molecule has 0 fully saturated rings. The molecule has 0 bridgehead atoms. The van der Waals surface area contributed by atoms with Crippen LogP contribution in [0, 0.1) is 12.3 Å². The van der Waals surface area contributed by atoms with E-state index in [1.165, 1.54) is 6.92 Å². The molecular formula is C8H13NO2.